The summed E-state index contributed by atoms with van der Waals surface area (Å²) in [5.74, 6) is -0.0631. The van der Waals surface area contributed by atoms with Crippen LogP contribution in [-0.4, -0.2) is 32.6 Å². The number of rotatable bonds is 6. The number of thiophene rings is 1. The molecule has 1 amide bonds. The van der Waals surface area contributed by atoms with Crippen LogP contribution < -0.4 is 0 Å². The summed E-state index contributed by atoms with van der Waals surface area (Å²) in [6, 6.07) is 11.6. The molecule has 0 fully saturated rings. The smallest absolute Gasteiger partial charge is 0.254 e. The molecule has 0 saturated carbocycles. The molecular formula is C24H25ClN4OS. The fourth-order valence-electron chi connectivity index (χ4n) is 3.70. The second kappa shape index (κ2) is 8.81. The Hall–Kier alpha value is -2.70. The maximum absolute atomic E-state index is 13.5. The fraction of sp³-hybridized carbons (Fsp3) is 0.292. The first-order valence-electron chi connectivity index (χ1n) is 10.4. The maximum Gasteiger partial charge on any atom is 0.254 e. The lowest BCUT2D eigenvalue weighted by atomic mass is 10.1. The monoisotopic (exact) mass is 452 g/mol. The molecule has 0 N–H and O–H groups in total. The van der Waals surface area contributed by atoms with Crippen molar-refractivity contribution in [2.45, 2.75) is 40.3 Å². The number of benzene rings is 1. The number of halogens is 1. The van der Waals surface area contributed by atoms with Gasteiger partial charge in [0.1, 0.15) is 0 Å². The van der Waals surface area contributed by atoms with Crippen molar-refractivity contribution < 1.29 is 4.79 Å². The molecule has 4 aromatic rings. The van der Waals surface area contributed by atoms with Gasteiger partial charge in [-0.15, -0.1) is 11.3 Å². The number of aryl methyl sites for hydroxylation is 2. The predicted molar refractivity (Wildman–Crippen MR) is 128 cm³/mol. The third-order valence-corrected chi connectivity index (χ3v) is 7.01. The molecule has 0 aliphatic heterocycles. The van der Waals surface area contributed by atoms with Crippen LogP contribution in [0, 0.1) is 6.92 Å². The average Bonchev–Trinajstić information content (AvgIpc) is 3.39. The highest BCUT2D eigenvalue weighted by Gasteiger charge is 2.20. The zero-order valence-electron chi connectivity index (χ0n) is 18.1. The van der Waals surface area contributed by atoms with E-state index < -0.39 is 0 Å². The molecule has 5 nitrogen and oxygen atoms in total. The second-order valence-electron chi connectivity index (χ2n) is 7.57. The van der Waals surface area contributed by atoms with Gasteiger partial charge in [0.05, 0.1) is 27.8 Å². The van der Waals surface area contributed by atoms with Gasteiger partial charge in [-0.3, -0.25) is 9.48 Å². The Labute approximate surface area is 191 Å². The van der Waals surface area contributed by atoms with Crippen LogP contribution in [0.5, 0.6) is 0 Å². The van der Waals surface area contributed by atoms with Crippen molar-refractivity contribution in [3.63, 3.8) is 0 Å². The summed E-state index contributed by atoms with van der Waals surface area (Å²) < 4.78 is 1.94. The Morgan fingerprint density at radius 3 is 2.68 bits per heavy atom. The standard InChI is InChI=1S/C24H25ClN4OS/c1-5-18-8-10-23(31-18)22-12-20(19-11-17(25)7-9-21(19)27-22)24(30)28(4)14-16-13-26-29(6-2)15(16)3/h7-13H,5-6,14H2,1-4H3. The van der Waals surface area contributed by atoms with Crippen LogP contribution in [0.1, 0.15) is 40.3 Å². The van der Waals surface area contributed by atoms with E-state index >= 15 is 0 Å². The van der Waals surface area contributed by atoms with E-state index in [0.29, 0.717) is 17.1 Å². The van der Waals surface area contributed by atoms with Gasteiger partial charge in [0, 0.05) is 46.7 Å². The van der Waals surface area contributed by atoms with Crippen molar-refractivity contribution in [1.29, 1.82) is 0 Å². The molecule has 4 rings (SSSR count). The molecule has 7 heteroatoms. The summed E-state index contributed by atoms with van der Waals surface area (Å²) in [5.41, 5.74) is 4.31. The van der Waals surface area contributed by atoms with E-state index in [1.165, 1.54) is 4.88 Å². The van der Waals surface area contributed by atoms with Crippen molar-refractivity contribution in [3.8, 4) is 10.6 Å². The molecule has 160 valence electrons. The second-order valence-corrected chi connectivity index (χ2v) is 9.17. The number of carbonyl (C=O) groups is 1. The first-order chi connectivity index (χ1) is 14.9. The molecule has 0 atom stereocenters. The van der Waals surface area contributed by atoms with E-state index in [4.69, 9.17) is 16.6 Å². The van der Waals surface area contributed by atoms with Crippen LogP contribution >= 0.6 is 22.9 Å². The number of hydrogen-bond donors (Lipinski definition) is 0. The molecule has 31 heavy (non-hydrogen) atoms. The van der Waals surface area contributed by atoms with Gasteiger partial charge in [0.15, 0.2) is 0 Å². The minimum absolute atomic E-state index is 0.0631. The van der Waals surface area contributed by atoms with Gasteiger partial charge in [0.25, 0.3) is 5.91 Å². The summed E-state index contributed by atoms with van der Waals surface area (Å²) in [4.78, 5) is 22.4. The summed E-state index contributed by atoms with van der Waals surface area (Å²) in [7, 11) is 1.82. The van der Waals surface area contributed by atoms with Crippen LogP contribution in [0.2, 0.25) is 5.02 Å². The lowest BCUT2D eigenvalue weighted by Gasteiger charge is -2.19. The quantitative estimate of drug-likeness (QED) is 0.361. The summed E-state index contributed by atoms with van der Waals surface area (Å²) in [5, 5.41) is 5.75. The Balaban J connectivity index is 1.75. The topological polar surface area (TPSA) is 51.0 Å². The molecule has 0 unspecified atom stereocenters. The van der Waals surface area contributed by atoms with Crippen LogP contribution in [0.15, 0.2) is 42.6 Å². The highest BCUT2D eigenvalue weighted by Crippen LogP contribution is 2.32. The number of aromatic nitrogens is 3. The number of hydrogen-bond acceptors (Lipinski definition) is 4. The van der Waals surface area contributed by atoms with E-state index in [9.17, 15) is 4.79 Å². The Morgan fingerprint density at radius 1 is 1.19 bits per heavy atom. The van der Waals surface area contributed by atoms with Gasteiger partial charge >= 0.3 is 0 Å². The van der Waals surface area contributed by atoms with Crippen molar-refractivity contribution in [1.82, 2.24) is 19.7 Å². The van der Waals surface area contributed by atoms with Crippen molar-refractivity contribution in [3.05, 3.63) is 69.3 Å². The average molecular weight is 453 g/mol. The molecule has 0 aliphatic rings. The zero-order chi connectivity index (χ0) is 22.1. The van der Waals surface area contributed by atoms with Gasteiger partial charge in [-0.2, -0.15) is 5.10 Å². The minimum Gasteiger partial charge on any atom is -0.337 e. The van der Waals surface area contributed by atoms with Gasteiger partial charge in [0.2, 0.25) is 0 Å². The lowest BCUT2D eigenvalue weighted by Crippen LogP contribution is -2.26. The van der Waals surface area contributed by atoms with E-state index in [0.717, 1.165) is 45.7 Å². The van der Waals surface area contributed by atoms with Gasteiger partial charge in [-0.25, -0.2) is 4.98 Å². The maximum atomic E-state index is 13.5. The Bertz CT molecular complexity index is 1260. The normalized spacial score (nSPS) is 11.3. The van der Waals surface area contributed by atoms with Crippen molar-refractivity contribution in [2.24, 2.45) is 0 Å². The van der Waals surface area contributed by atoms with Crippen LogP contribution in [0.25, 0.3) is 21.5 Å². The van der Waals surface area contributed by atoms with E-state index in [2.05, 4.69) is 31.1 Å². The van der Waals surface area contributed by atoms with Gasteiger partial charge in [-0.05, 0) is 56.7 Å². The number of fused-ring (bicyclic) bond motifs is 1. The van der Waals surface area contributed by atoms with Crippen LogP contribution in [-0.2, 0) is 19.5 Å². The Kier molecular flexibility index (Phi) is 6.12. The number of pyridine rings is 1. The summed E-state index contributed by atoms with van der Waals surface area (Å²) in [6.45, 7) is 7.52. The number of carbonyl (C=O) groups excluding carboxylic acids is 1. The lowest BCUT2D eigenvalue weighted by molar-refractivity contribution is 0.0787. The van der Waals surface area contributed by atoms with E-state index in [-0.39, 0.29) is 5.91 Å². The third kappa shape index (κ3) is 4.23. The van der Waals surface area contributed by atoms with Crippen molar-refractivity contribution in [2.75, 3.05) is 7.05 Å². The fourth-order valence-corrected chi connectivity index (χ4v) is 4.78. The zero-order valence-corrected chi connectivity index (χ0v) is 19.7. The van der Waals surface area contributed by atoms with Crippen molar-refractivity contribution >= 4 is 39.7 Å². The molecule has 0 aliphatic carbocycles. The molecule has 0 saturated heterocycles. The minimum atomic E-state index is -0.0631. The van der Waals surface area contributed by atoms with Crippen LogP contribution in [0.3, 0.4) is 0 Å². The van der Waals surface area contributed by atoms with Gasteiger partial charge in [-0.1, -0.05) is 18.5 Å². The molecule has 0 spiro atoms. The van der Waals surface area contributed by atoms with Crippen LogP contribution in [0.4, 0.5) is 0 Å². The number of nitrogens with zero attached hydrogens (tertiary/aromatic N) is 4. The molecular weight excluding hydrogens is 428 g/mol. The molecule has 0 bridgehead atoms. The predicted octanol–water partition coefficient (Wildman–Crippen LogP) is 5.98. The molecule has 1 aromatic carbocycles. The summed E-state index contributed by atoms with van der Waals surface area (Å²) >= 11 is 7.97. The third-order valence-electron chi connectivity index (χ3n) is 5.52. The largest absolute Gasteiger partial charge is 0.337 e. The molecule has 0 radical (unpaired) electrons. The molecule has 3 aromatic heterocycles. The molecule has 3 heterocycles. The first kappa shape index (κ1) is 21.5. The summed E-state index contributed by atoms with van der Waals surface area (Å²) in [6.07, 6.45) is 2.82. The van der Waals surface area contributed by atoms with E-state index in [1.54, 1.807) is 16.2 Å². The SMILES string of the molecule is CCc1ccc(-c2cc(C(=O)N(C)Cc3cnn(CC)c3C)c3cc(Cl)ccc3n2)s1. The highest BCUT2D eigenvalue weighted by atomic mass is 35.5. The number of amides is 1. The first-order valence-corrected chi connectivity index (χ1v) is 11.6. The van der Waals surface area contributed by atoms with E-state index in [1.807, 2.05) is 49.1 Å². The highest BCUT2D eigenvalue weighted by molar-refractivity contribution is 7.15. The van der Waals surface area contributed by atoms with Gasteiger partial charge < -0.3 is 4.90 Å². The Morgan fingerprint density at radius 2 is 2.00 bits per heavy atom.